The number of aromatic nitrogens is 3. The van der Waals surface area contributed by atoms with Crippen molar-refractivity contribution in [2.75, 3.05) is 0 Å². The Morgan fingerprint density at radius 2 is 1.95 bits per heavy atom. The van der Waals surface area contributed by atoms with Gasteiger partial charge in [0.05, 0.1) is 0 Å². The first-order valence-corrected chi connectivity index (χ1v) is 7.53. The Bertz CT molecular complexity index is 698. The molecule has 1 atom stereocenters. The third-order valence-electron chi connectivity index (χ3n) is 4.14. The largest absolute Gasteiger partial charge is 0.264 e. The van der Waals surface area contributed by atoms with Crippen LogP contribution in [0.25, 0.3) is 11.4 Å². The van der Waals surface area contributed by atoms with Crippen molar-refractivity contribution < 1.29 is 4.92 Å². The molecule has 0 bridgehead atoms. The molecule has 1 aromatic heterocycles. The van der Waals surface area contributed by atoms with Crippen LogP contribution in [0.2, 0.25) is 0 Å². The summed E-state index contributed by atoms with van der Waals surface area (Å²) in [6, 6.07) is 7.68. The van der Waals surface area contributed by atoms with E-state index in [1.165, 1.54) is 5.56 Å². The molecule has 22 heavy (non-hydrogen) atoms. The topological polar surface area (TPSA) is 73.8 Å². The molecule has 0 spiro atoms. The first kappa shape index (κ1) is 14.7. The van der Waals surface area contributed by atoms with Crippen LogP contribution in [0, 0.1) is 10.1 Å². The number of aryl methyl sites for hydroxylation is 1. The maximum atomic E-state index is 10.9. The summed E-state index contributed by atoms with van der Waals surface area (Å²) in [5, 5.41) is 15.4. The molecule has 0 amide bonds. The smallest absolute Gasteiger partial charge is 0.232 e. The number of nitro groups is 1. The van der Waals surface area contributed by atoms with Crippen molar-refractivity contribution in [3.8, 4) is 11.4 Å². The summed E-state index contributed by atoms with van der Waals surface area (Å²) in [5.74, 6) is 1.49. The van der Waals surface area contributed by atoms with Gasteiger partial charge in [0.2, 0.25) is 6.04 Å². The minimum atomic E-state index is -0.551. The van der Waals surface area contributed by atoms with Crippen LogP contribution in [0.1, 0.15) is 38.6 Å². The van der Waals surface area contributed by atoms with E-state index < -0.39 is 6.04 Å². The molecular weight excluding hydrogens is 280 g/mol. The standard InChI is InChI=1S/C16H20N4O2/c1-16(2,3)12-6-4-11(5-7-12)15-17-14-9-8-13(20(21)22)10-19(14)18-15/h4-7,13H,8-10H2,1-3H3. The molecule has 1 aromatic carbocycles. The zero-order valence-corrected chi connectivity index (χ0v) is 13.1. The second-order valence-electron chi connectivity index (χ2n) is 6.84. The van der Waals surface area contributed by atoms with Crippen molar-refractivity contribution in [1.82, 2.24) is 14.8 Å². The third-order valence-corrected chi connectivity index (χ3v) is 4.14. The Balaban J connectivity index is 1.87. The first-order valence-electron chi connectivity index (χ1n) is 7.53. The van der Waals surface area contributed by atoms with Gasteiger partial charge < -0.3 is 0 Å². The maximum absolute atomic E-state index is 10.9. The zero-order valence-electron chi connectivity index (χ0n) is 13.1. The van der Waals surface area contributed by atoms with Gasteiger partial charge in [-0.1, -0.05) is 45.0 Å². The highest BCUT2D eigenvalue weighted by Gasteiger charge is 2.29. The minimum Gasteiger partial charge on any atom is -0.264 e. The molecule has 1 unspecified atom stereocenters. The molecule has 0 saturated heterocycles. The van der Waals surface area contributed by atoms with Gasteiger partial charge in [0.15, 0.2) is 5.82 Å². The SMILES string of the molecule is CC(C)(C)c1ccc(-c2nc3n(n2)CC([N+](=O)[O-])CC3)cc1. The quantitative estimate of drug-likeness (QED) is 0.631. The predicted molar refractivity (Wildman–Crippen MR) is 83.3 cm³/mol. The van der Waals surface area contributed by atoms with E-state index in [4.69, 9.17) is 0 Å². The number of fused-ring (bicyclic) bond motifs is 1. The van der Waals surface area contributed by atoms with E-state index in [1.54, 1.807) is 4.68 Å². The van der Waals surface area contributed by atoms with Crippen LogP contribution in [0.15, 0.2) is 24.3 Å². The molecule has 0 N–H and O–H groups in total. The summed E-state index contributed by atoms with van der Waals surface area (Å²) in [7, 11) is 0. The van der Waals surface area contributed by atoms with Crippen LogP contribution in [-0.4, -0.2) is 25.7 Å². The first-order chi connectivity index (χ1) is 10.3. The Morgan fingerprint density at radius 3 is 2.55 bits per heavy atom. The fourth-order valence-electron chi connectivity index (χ4n) is 2.71. The molecule has 0 radical (unpaired) electrons. The normalized spacial score (nSPS) is 18.0. The van der Waals surface area contributed by atoms with Gasteiger partial charge in [0.25, 0.3) is 0 Å². The van der Waals surface area contributed by atoms with Crippen LogP contribution in [0.5, 0.6) is 0 Å². The number of benzene rings is 1. The molecule has 0 saturated carbocycles. The van der Waals surface area contributed by atoms with Crippen molar-refractivity contribution in [1.29, 1.82) is 0 Å². The monoisotopic (exact) mass is 300 g/mol. The minimum absolute atomic E-state index is 0.109. The van der Waals surface area contributed by atoms with Gasteiger partial charge in [-0.15, -0.1) is 0 Å². The number of nitrogens with zero attached hydrogens (tertiary/aromatic N) is 4. The predicted octanol–water partition coefficient (Wildman–Crippen LogP) is 2.83. The molecule has 0 aliphatic carbocycles. The molecule has 1 aliphatic rings. The third kappa shape index (κ3) is 2.73. The van der Waals surface area contributed by atoms with E-state index in [0.717, 1.165) is 11.4 Å². The molecule has 2 aromatic rings. The van der Waals surface area contributed by atoms with Crippen molar-refractivity contribution in [3.05, 3.63) is 45.8 Å². The van der Waals surface area contributed by atoms with Crippen molar-refractivity contribution in [2.24, 2.45) is 0 Å². The van der Waals surface area contributed by atoms with E-state index in [-0.39, 0.29) is 10.3 Å². The van der Waals surface area contributed by atoms with E-state index in [9.17, 15) is 10.1 Å². The Morgan fingerprint density at radius 1 is 1.27 bits per heavy atom. The number of hydrogen-bond donors (Lipinski definition) is 0. The summed E-state index contributed by atoms with van der Waals surface area (Å²) in [6.45, 7) is 6.84. The van der Waals surface area contributed by atoms with Crippen LogP contribution in [-0.2, 0) is 18.4 Å². The summed E-state index contributed by atoms with van der Waals surface area (Å²) in [4.78, 5) is 15.2. The second kappa shape index (κ2) is 5.19. The van der Waals surface area contributed by atoms with Gasteiger partial charge >= 0.3 is 0 Å². The second-order valence-corrected chi connectivity index (χ2v) is 6.84. The van der Waals surface area contributed by atoms with Gasteiger partial charge in [-0.25, -0.2) is 9.67 Å². The van der Waals surface area contributed by atoms with Gasteiger partial charge in [-0.2, -0.15) is 5.10 Å². The van der Waals surface area contributed by atoms with Crippen LogP contribution < -0.4 is 0 Å². The highest BCUT2D eigenvalue weighted by atomic mass is 16.6. The van der Waals surface area contributed by atoms with E-state index in [2.05, 4.69) is 43.0 Å². The van der Waals surface area contributed by atoms with E-state index >= 15 is 0 Å². The summed E-state index contributed by atoms with van der Waals surface area (Å²) in [5.41, 5.74) is 2.32. The van der Waals surface area contributed by atoms with Gasteiger partial charge in [-0.05, 0) is 11.0 Å². The van der Waals surface area contributed by atoms with Crippen molar-refractivity contribution in [2.45, 2.75) is 51.6 Å². The lowest BCUT2D eigenvalue weighted by Crippen LogP contribution is -2.31. The Kier molecular flexibility index (Phi) is 3.47. The van der Waals surface area contributed by atoms with E-state index in [0.29, 0.717) is 25.2 Å². The molecule has 116 valence electrons. The lowest BCUT2D eigenvalue weighted by Gasteiger charge is -2.18. The van der Waals surface area contributed by atoms with E-state index in [1.807, 2.05) is 12.1 Å². The van der Waals surface area contributed by atoms with Crippen molar-refractivity contribution >= 4 is 0 Å². The van der Waals surface area contributed by atoms with Crippen LogP contribution in [0.3, 0.4) is 0 Å². The van der Waals surface area contributed by atoms with Gasteiger partial charge in [0, 0.05) is 23.3 Å². The van der Waals surface area contributed by atoms with Gasteiger partial charge in [-0.3, -0.25) is 10.1 Å². The summed E-state index contributed by atoms with van der Waals surface area (Å²) in [6.07, 6.45) is 1.15. The Hall–Kier alpha value is -2.24. The van der Waals surface area contributed by atoms with Crippen LogP contribution in [0.4, 0.5) is 0 Å². The molecular formula is C16H20N4O2. The fraction of sp³-hybridized carbons (Fsp3) is 0.500. The zero-order chi connectivity index (χ0) is 15.9. The number of hydrogen-bond acceptors (Lipinski definition) is 4. The highest BCUT2D eigenvalue weighted by molar-refractivity contribution is 5.55. The molecule has 2 heterocycles. The maximum Gasteiger partial charge on any atom is 0.232 e. The average molecular weight is 300 g/mol. The molecule has 3 rings (SSSR count). The van der Waals surface area contributed by atoms with Gasteiger partial charge in [0.1, 0.15) is 12.4 Å². The molecule has 1 aliphatic heterocycles. The lowest BCUT2D eigenvalue weighted by molar-refractivity contribution is -0.527. The summed E-state index contributed by atoms with van der Waals surface area (Å²) >= 11 is 0. The number of rotatable bonds is 2. The molecule has 6 nitrogen and oxygen atoms in total. The summed E-state index contributed by atoms with van der Waals surface area (Å²) < 4.78 is 1.68. The fourth-order valence-corrected chi connectivity index (χ4v) is 2.71. The Labute approximate surface area is 129 Å². The van der Waals surface area contributed by atoms with Crippen LogP contribution >= 0.6 is 0 Å². The molecule has 6 heteroatoms. The average Bonchev–Trinajstić information content (AvgIpc) is 2.89. The molecule has 0 fully saturated rings. The lowest BCUT2D eigenvalue weighted by atomic mass is 9.87. The van der Waals surface area contributed by atoms with Crippen molar-refractivity contribution in [3.63, 3.8) is 0 Å². The highest BCUT2D eigenvalue weighted by Crippen LogP contribution is 2.26.